The second kappa shape index (κ2) is 12.4. The van der Waals surface area contributed by atoms with Crippen molar-refractivity contribution in [3.63, 3.8) is 0 Å². The third kappa shape index (κ3) is 8.15. The number of rotatable bonds is 12. The van der Waals surface area contributed by atoms with Crippen molar-refractivity contribution in [2.45, 2.75) is 32.5 Å². The van der Waals surface area contributed by atoms with E-state index < -0.39 is 73.9 Å². The smallest absolute Gasteiger partial charge is 0.259 e. The Morgan fingerprint density at radius 3 is 2.29 bits per heavy atom. The van der Waals surface area contributed by atoms with E-state index in [1.807, 2.05) is 0 Å². The van der Waals surface area contributed by atoms with Crippen LogP contribution in [0.4, 0.5) is 5.82 Å². The minimum Gasteiger partial charge on any atom is -0.372 e. The Bertz CT molecular complexity index is 1730. The molecule has 0 atom stereocenters. The van der Waals surface area contributed by atoms with Gasteiger partial charge in [0.05, 0.1) is 26.6 Å². The normalized spacial score (nSPS) is 19.7. The van der Waals surface area contributed by atoms with Gasteiger partial charge in [0.1, 0.15) is 12.4 Å². The predicted octanol–water partition coefficient (Wildman–Crippen LogP) is 3.90. The van der Waals surface area contributed by atoms with Gasteiger partial charge in [0, 0.05) is 46.7 Å². The maximum Gasteiger partial charge on any atom is 0.259 e. The molecule has 1 heterocycles. The molecule has 0 fully saturated rings. The van der Waals surface area contributed by atoms with Crippen LogP contribution in [0.2, 0.25) is 0 Å². The number of carbonyl (C=O) groups is 1. The van der Waals surface area contributed by atoms with Crippen LogP contribution in [0.15, 0.2) is 66.9 Å². The van der Waals surface area contributed by atoms with Gasteiger partial charge in [-0.15, -0.1) is 0 Å². The fourth-order valence-corrected chi connectivity index (χ4v) is 3.31. The number of aromatic nitrogens is 2. The van der Waals surface area contributed by atoms with E-state index in [4.69, 9.17) is 19.2 Å². The molecule has 3 rings (SSSR count). The molecule has 0 aliphatic carbocycles. The highest BCUT2D eigenvalue weighted by molar-refractivity contribution is 7.89. The number of anilines is 1. The van der Waals surface area contributed by atoms with Crippen molar-refractivity contribution in [3.05, 3.63) is 66.9 Å². The van der Waals surface area contributed by atoms with Gasteiger partial charge in [0.15, 0.2) is 0 Å². The van der Waals surface area contributed by atoms with Gasteiger partial charge in [0.2, 0.25) is 10.0 Å². The summed E-state index contributed by atoms with van der Waals surface area (Å²) in [6.45, 7) is -16.7. The summed E-state index contributed by atoms with van der Waals surface area (Å²) >= 11 is 0. The Morgan fingerprint density at radius 2 is 1.69 bits per heavy atom. The number of benzene rings is 2. The largest absolute Gasteiger partial charge is 0.372 e. The van der Waals surface area contributed by atoms with E-state index in [9.17, 15) is 13.2 Å². The second-order valence-corrected chi connectivity index (χ2v) is 8.73. The first-order valence-electron chi connectivity index (χ1n) is 17.1. The second-order valence-electron chi connectivity index (χ2n) is 6.98. The molecule has 1 aromatic heterocycles. The highest BCUT2D eigenvalue weighted by atomic mass is 32.2. The number of ether oxygens (including phenoxy) is 1. The van der Waals surface area contributed by atoms with Crippen molar-refractivity contribution in [2.75, 3.05) is 30.8 Å². The van der Waals surface area contributed by atoms with E-state index >= 15 is 0 Å². The van der Waals surface area contributed by atoms with Gasteiger partial charge in [-0.05, 0) is 26.4 Å². The molecule has 3 aromatic rings. The molecule has 0 unspecified atom stereocenters. The van der Waals surface area contributed by atoms with E-state index in [0.717, 1.165) is 6.20 Å². The SMILES string of the molecule is [2H]C([2H])([2H])C(N(c1cnc(-c2ccccc2)c(-c2ccccc2)n1)C([2H])([2H])C([2H])([2H])C([2H])([2H])C([2H])([2H])OCC(=O)NS(C)(=O)=O)C([2H])([2H])[2H]. The summed E-state index contributed by atoms with van der Waals surface area (Å²) in [5, 5.41) is 0. The minimum absolute atomic E-state index is 0.0148. The van der Waals surface area contributed by atoms with Gasteiger partial charge in [-0.1, -0.05) is 60.7 Å². The number of sulfonamides is 1. The third-order valence-electron chi connectivity index (χ3n) is 4.22. The molecule has 0 saturated heterocycles. The Labute approximate surface area is 227 Å². The maximum absolute atomic E-state index is 11.9. The number of hydrogen-bond donors (Lipinski definition) is 1. The number of nitrogens with zero attached hydrogens (tertiary/aromatic N) is 3. The first-order valence-corrected chi connectivity index (χ1v) is 12.0. The van der Waals surface area contributed by atoms with Crippen LogP contribution in [0.1, 0.15) is 45.6 Å². The summed E-state index contributed by atoms with van der Waals surface area (Å²) in [4.78, 5) is 20.6. The molecule has 0 aliphatic rings. The molecule has 0 aliphatic heterocycles. The Morgan fingerprint density at radius 1 is 1.06 bits per heavy atom. The highest BCUT2D eigenvalue weighted by Gasteiger charge is 2.17. The molecule has 1 N–H and O–H groups in total. The lowest BCUT2D eigenvalue weighted by atomic mass is 10.0. The van der Waals surface area contributed by atoms with Crippen LogP contribution in [-0.4, -0.2) is 56.3 Å². The minimum atomic E-state index is -4.22. The molecule has 0 radical (unpaired) electrons. The summed E-state index contributed by atoms with van der Waals surface area (Å²) in [5.41, 5.74) is 1.02. The fraction of sp³-hybridized carbons (Fsp3) is 0.346. The zero-order valence-corrected chi connectivity index (χ0v) is 19.3. The van der Waals surface area contributed by atoms with E-state index in [-0.39, 0.29) is 16.3 Å². The van der Waals surface area contributed by atoms with Crippen LogP contribution < -0.4 is 9.62 Å². The van der Waals surface area contributed by atoms with Crippen LogP contribution in [0.5, 0.6) is 0 Å². The van der Waals surface area contributed by atoms with Gasteiger partial charge in [-0.3, -0.25) is 14.5 Å². The zero-order valence-electron chi connectivity index (χ0n) is 32.5. The van der Waals surface area contributed by atoms with Gasteiger partial charge in [-0.25, -0.2) is 13.4 Å². The molecular formula is C26H32N4O4S. The van der Waals surface area contributed by atoms with Crippen LogP contribution in [0.3, 0.4) is 0 Å². The first-order chi connectivity index (χ1) is 22.1. The molecule has 8 nitrogen and oxygen atoms in total. The first kappa shape index (κ1) is 13.1. The highest BCUT2D eigenvalue weighted by Crippen LogP contribution is 2.30. The fourth-order valence-electron chi connectivity index (χ4n) is 2.84. The van der Waals surface area contributed by atoms with Crippen LogP contribution >= 0.6 is 0 Å². The van der Waals surface area contributed by atoms with Crippen molar-refractivity contribution in [1.82, 2.24) is 14.7 Å². The van der Waals surface area contributed by atoms with E-state index in [0.29, 0.717) is 17.4 Å². The molecule has 35 heavy (non-hydrogen) atoms. The summed E-state index contributed by atoms with van der Waals surface area (Å²) < 4.78 is 145. The van der Waals surface area contributed by atoms with E-state index in [1.165, 1.54) is 4.72 Å². The topological polar surface area (TPSA) is 101 Å². The maximum atomic E-state index is 11.9. The van der Waals surface area contributed by atoms with Crippen LogP contribution in [0.25, 0.3) is 22.5 Å². The molecular weight excluding hydrogens is 464 g/mol. The van der Waals surface area contributed by atoms with Crippen molar-refractivity contribution < 1.29 is 37.1 Å². The summed E-state index contributed by atoms with van der Waals surface area (Å²) in [6, 6.07) is 13.6. The molecule has 0 bridgehead atoms. The average Bonchev–Trinajstić information content (AvgIpc) is 2.97. The summed E-state index contributed by atoms with van der Waals surface area (Å²) in [6.07, 6.45) is -6.99. The predicted molar refractivity (Wildman–Crippen MR) is 138 cm³/mol. The van der Waals surface area contributed by atoms with Crippen LogP contribution in [0, 0.1) is 0 Å². The lowest BCUT2D eigenvalue weighted by molar-refractivity contribution is -0.123. The average molecular weight is 511 g/mol. The van der Waals surface area contributed by atoms with Crippen LogP contribution in [-0.2, 0) is 19.6 Å². The monoisotopic (exact) mass is 510 g/mol. The number of nitrogens with one attached hydrogen (secondary N) is 1. The van der Waals surface area contributed by atoms with Gasteiger partial charge in [-0.2, -0.15) is 0 Å². The summed E-state index contributed by atoms with van der Waals surface area (Å²) in [7, 11) is -4.16. The van der Waals surface area contributed by atoms with Gasteiger partial charge in [0.25, 0.3) is 5.91 Å². The molecule has 2 aromatic carbocycles. The molecule has 186 valence electrons. The molecule has 0 saturated carbocycles. The lowest BCUT2D eigenvalue weighted by Crippen LogP contribution is -2.33. The molecule has 9 heteroatoms. The standard InChI is InChI=1S/C26H32N4O4S/c1-20(2)30(16-10-11-17-34-19-24(31)29-35(3,32)33)23-18-27-25(21-12-6-4-7-13-21)26(28-23)22-14-8-5-9-15-22/h4-9,12-15,18,20H,10-11,16-17,19H2,1-3H3,(H,29,31)/i1D3,2D3,10D2,11D2,16D2,17D2. The zero-order chi connectivity index (χ0) is 37.4. The lowest BCUT2D eigenvalue weighted by Gasteiger charge is -2.28. The number of carbonyl (C=O) groups excluding carboxylic acids is 1. The van der Waals surface area contributed by atoms with Crippen molar-refractivity contribution in [1.29, 1.82) is 0 Å². The van der Waals surface area contributed by atoms with Crippen molar-refractivity contribution in [3.8, 4) is 22.5 Å². The summed E-state index contributed by atoms with van der Waals surface area (Å²) in [5.74, 6) is -2.33. The quantitative estimate of drug-likeness (QED) is 0.394. The van der Waals surface area contributed by atoms with Gasteiger partial charge < -0.3 is 9.64 Å². The van der Waals surface area contributed by atoms with Crippen molar-refractivity contribution >= 4 is 21.7 Å². The van der Waals surface area contributed by atoms with E-state index in [2.05, 4.69) is 14.7 Å². The Kier molecular flexibility index (Phi) is 4.66. The Hall–Kier alpha value is -3.30. The number of amides is 1. The third-order valence-corrected chi connectivity index (χ3v) is 4.82. The van der Waals surface area contributed by atoms with Crippen molar-refractivity contribution in [2.24, 2.45) is 0 Å². The van der Waals surface area contributed by atoms with Gasteiger partial charge >= 0.3 is 0 Å². The van der Waals surface area contributed by atoms with E-state index in [1.54, 1.807) is 60.7 Å². The Balaban J connectivity index is 2.30. The number of hydrogen-bond acceptors (Lipinski definition) is 7. The molecule has 1 amide bonds. The molecule has 0 spiro atoms.